The second-order valence-electron chi connectivity index (χ2n) is 6.06. The summed E-state index contributed by atoms with van der Waals surface area (Å²) in [4.78, 5) is 29.7. The van der Waals surface area contributed by atoms with E-state index in [2.05, 4.69) is 20.3 Å². The molecular weight excluding hydrogens is 298 g/mol. The number of hydrogen-bond acceptors (Lipinski definition) is 6. The molecule has 1 aromatic heterocycles. The van der Waals surface area contributed by atoms with E-state index in [1.807, 2.05) is 0 Å². The van der Waals surface area contributed by atoms with Crippen LogP contribution in [0.2, 0.25) is 0 Å². The largest absolute Gasteiger partial charge is 0.360 e. The predicted molar refractivity (Wildman–Crippen MR) is 86.1 cm³/mol. The molecule has 128 valence electrons. The van der Waals surface area contributed by atoms with Crippen LogP contribution in [0.4, 0.5) is 5.82 Å². The average Bonchev–Trinajstić information content (AvgIpc) is 2.75. The van der Waals surface area contributed by atoms with Crippen LogP contribution in [0.5, 0.6) is 0 Å². The topological polar surface area (TPSA) is 81.9 Å². The minimum absolute atomic E-state index is 0.101. The lowest BCUT2D eigenvalue weighted by Crippen LogP contribution is -2.39. The zero-order chi connectivity index (χ0) is 16.8. The molecule has 0 aromatic carbocycles. The van der Waals surface area contributed by atoms with E-state index < -0.39 is 0 Å². The lowest BCUT2D eigenvalue weighted by atomic mass is 10.3. The molecule has 0 unspecified atom stereocenters. The van der Waals surface area contributed by atoms with Gasteiger partial charge in [-0.25, -0.2) is 0 Å². The van der Waals surface area contributed by atoms with Crippen LogP contribution >= 0.6 is 0 Å². The summed E-state index contributed by atoms with van der Waals surface area (Å²) in [6.45, 7) is 5.81. The molecule has 0 spiro atoms. The summed E-state index contributed by atoms with van der Waals surface area (Å²) in [6.07, 6.45) is 0.942. The number of amides is 2. The number of anilines is 1. The maximum atomic E-state index is 12.0. The number of carbonyl (C=O) groups is 2. The summed E-state index contributed by atoms with van der Waals surface area (Å²) in [7, 11) is 3.53. The van der Waals surface area contributed by atoms with Gasteiger partial charge in [0.25, 0.3) is 0 Å². The van der Waals surface area contributed by atoms with E-state index >= 15 is 0 Å². The maximum Gasteiger partial charge on any atom is 0.239 e. The number of rotatable bonds is 5. The summed E-state index contributed by atoms with van der Waals surface area (Å²) >= 11 is 0. The summed E-state index contributed by atoms with van der Waals surface area (Å²) in [5.41, 5.74) is 0. The molecule has 1 aliphatic heterocycles. The molecule has 0 saturated carbocycles. The molecule has 1 aromatic rings. The second-order valence-corrected chi connectivity index (χ2v) is 6.06. The molecule has 8 nitrogen and oxygen atoms in total. The van der Waals surface area contributed by atoms with E-state index in [0.29, 0.717) is 24.7 Å². The Morgan fingerprint density at radius 3 is 2.43 bits per heavy atom. The third kappa shape index (κ3) is 5.65. The van der Waals surface area contributed by atoms with Crippen LogP contribution in [0.25, 0.3) is 0 Å². The van der Waals surface area contributed by atoms with E-state index in [4.69, 9.17) is 4.52 Å². The summed E-state index contributed by atoms with van der Waals surface area (Å²) in [6, 6.07) is 1.69. The molecule has 2 rings (SSSR count). The highest BCUT2D eigenvalue weighted by atomic mass is 16.5. The van der Waals surface area contributed by atoms with Crippen molar-refractivity contribution >= 4 is 17.6 Å². The van der Waals surface area contributed by atoms with Gasteiger partial charge in [0.05, 0.1) is 13.1 Å². The van der Waals surface area contributed by atoms with Crippen LogP contribution < -0.4 is 5.32 Å². The van der Waals surface area contributed by atoms with Crippen molar-refractivity contribution in [1.82, 2.24) is 19.9 Å². The van der Waals surface area contributed by atoms with Gasteiger partial charge in [0, 0.05) is 33.3 Å². The van der Waals surface area contributed by atoms with Gasteiger partial charge in [0.1, 0.15) is 5.76 Å². The first-order chi connectivity index (χ1) is 10.9. The first kappa shape index (κ1) is 17.4. The molecule has 0 atom stereocenters. The normalized spacial score (nSPS) is 16.8. The van der Waals surface area contributed by atoms with Crippen LogP contribution in [-0.4, -0.2) is 85.0 Å². The van der Waals surface area contributed by atoms with E-state index in [1.54, 1.807) is 32.0 Å². The highest BCUT2D eigenvalue weighted by Crippen LogP contribution is 2.08. The standard InChI is InChI=1S/C15H25N5O3/c1-12-9-13(17-23-12)16-14(21)10-19-5-4-6-20(8-7-19)11-15(22)18(2)3/h9H,4-8,10-11H2,1-3H3,(H,16,17,21). The molecule has 2 heterocycles. The van der Waals surface area contributed by atoms with E-state index in [-0.39, 0.29) is 11.8 Å². The van der Waals surface area contributed by atoms with Crippen LogP contribution in [0.1, 0.15) is 12.2 Å². The highest BCUT2D eigenvalue weighted by molar-refractivity contribution is 5.91. The smallest absolute Gasteiger partial charge is 0.239 e. The molecule has 0 aliphatic carbocycles. The third-order valence-electron chi connectivity index (χ3n) is 3.80. The third-order valence-corrected chi connectivity index (χ3v) is 3.80. The summed E-state index contributed by atoms with van der Waals surface area (Å²) in [5, 5.41) is 6.48. The Labute approximate surface area is 136 Å². The quantitative estimate of drug-likeness (QED) is 0.822. The van der Waals surface area contributed by atoms with E-state index in [9.17, 15) is 9.59 Å². The molecule has 8 heteroatoms. The summed E-state index contributed by atoms with van der Waals surface area (Å²) in [5.74, 6) is 1.12. The van der Waals surface area contributed by atoms with E-state index in [0.717, 1.165) is 32.6 Å². The number of aromatic nitrogens is 1. The van der Waals surface area contributed by atoms with Crippen LogP contribution in [-0.2, 0) is 9.59 Å². The van der Waals surface area contributed by atoms with Crippen molar-refractivity contribution < 1.29 is 14.1 Å². The van der Waals surface area contributed by atoms with Gasteiger partial charge in [-0.1, -0.05) is 5.16 Å². The van der Waals surface area contributed by atoms with Crippen LogP contribution in [0, 0.1) is 6.92 Å². The van der Waals surface area contributed by atoms with Gasteiger partial charge >= 0.3 is 0 Å². The number of likely N-dealkylation sites (N-methyl/N-ethyl adjacent to an activating group) is 1. The number of hydrogen-bond donors (Lipinski definition) is 1. The fourth-order valence-corrected chi connectivity index (χ4v) is 2.48. The fraction of sp³-hybridized carbons (Fsp3) is 0.667. The van der Waals surface area contributed by atoms with Gasteiger partial charge in [0.15, 0.2) is 5.82 Å². The van der Waals surface area contributed by atoms with Crippen LogP contribution in [0.15, 0.2) is 10.6 Å². The Hall–Kier alpha value is -1.93. The molecule has 23 heavy (non-hydrogen) atoms. The number of aryl methyl sites for hydroxylation is 1. The number of carbonyl (C=O) groups excluding carboxylic acids is 2. The molecule has 0 bridgehead atoms. The van der Waals surface area contributed by atoms with Crippen LogP contribution in [0.3, 0.4) is 0 Å². The molecule has 1 saturated heterocycles. The van der Waals surface area contributed by atoms with Crippen molar-refractivity contribution in [3.05, 3.63) is 11.8 Å². The van der Waals surface area contributed by atoms with Crippen molar-refractivity contribution in [3.8, 4) is 0 Å². The summed E-state index contributed by atoms with van der Waals surface area (Å²) < 4.78 is 4.92. The predicted octanol–water partition coefficient (Wildman–Crippen LogP) is 0.0174. The number of nitrogens with one attached hydrogen (secondary N) is 1. The molecule has 1 N–H and O–H groups in total. The Bertz CT molecular complexity index is 543. The average molecular weight is 323 g/mol. The Balaban J connectivity index is 1.76. The van der Waals surface area contributed by atoms with Crippen molar-refractivity contribution in [3.63, 3.8) is 0 Å². The van der Waals surface area contributed by atoms with Gasteiger partial charge in [0.2, 0.25) is 11.8 Å². The monoisotopic (exact) mass is 323 g/mol. The number of nitrogens with zero attached hydrogens (tertiary/aromatic N) is 4. The minimum Gasteiger partial charge on any atom is -0.360 e. The zero-order valence-corrected chi connectivity index (χ0v) is 14.0. The van der Waals surface area contributed by atoms with Gasteiger partial charge in [-0.05, 0) is 26.4 Å². The molecule has 2 amide bonds. The Morgan fingerprint density at radius 1 is 1.22 bits per heavy atom. The van der Waals surface area contributed by atoms with Crippen molar-refractivity contribution in [1.29, 1.82) is 0 Å². The molecule has 0 radical (unpaired) electrons. The Kier molecular flexibility index (Phi) is 6.12. The SMILES string of the molecule is Cc1cc(NC(=O)CN2CCCN(CC(=O)N(C)C)CC2)no1. The Morgan fingerprint density at radius 2 is 1.87 bits per heavy atom. The zero-order valence-electron chi connectivity index (χ0n) is 14.0. The maximum absolute atomic E-state index is 12.0. The van der Waals surface area contributed by atoms with Gasteiger partial charge in [-0.15, -0.1) is 0 Å². The van der Waals surface area contributed by atoms with Crippen molar-refractivity contribution in [2.24, 2.45) is 0 Å². The lowest BCUT2D eigenvalue weighted by molar-refractivity contribution is -0.129. The highest BCUT2D eigenvalue weighted by Gasteiger charge is 2.19. The first-order valence-corrected chi connectivity index (χ1v) is 7.82. The molecular formula is C15H25N5O3. The fourth-order valence-electron chi connectivity index (χ4n) is 2.48. The van der Waals surface area contributed by atoms with Crippen molar-refractivity contribution in [2.75, 3.05) is 58.7 Å². The molecule has 1 fully saturated rings. The van der Waals surface area contributed by atoms with Gasteiger partial charge < -0.3 is 14.7 Å². The van der Waals surface area contributed by atoms with Gasteiger partial charge in [-0.3, -0.25) is 19.4 Å². The van der Waals surface area contributed by atoms with E-state index in [1.165, 1.54) is 0 Å². The lowest BCUT2D eigenvalue weighted by Gasteiger charge is -2.22. The first-order valence-electron chi connectivity index (χ1n) is 7.82. The van der Waals surface area contributed by atoms with Gasteiger partial charge in [-0.2, -0.15) is 0 Å². The minimum atomic E-state index is -0.101. The van der Waals surface area contributed by atoms with Crippen molar-refractivity contribution in [2.45, 2.75) is 13.3 Å². The second kappa shape index (κ2) is 8.07. The molecule has 1 aliphatic rings.